The second-order valence-corrected chi connectivity index (χ2v) is 10.4. The summed E-state index contributed by atoms with van der Waals surface area (Å²) < 4.78 is 2.41. The van der Waals surface area contributed by atoms with Crippen molar-refractivity contribution in [3.63, 3.8) is 0 Å². The second kappa shape index (κ2) is 8.87. The Morgan fingerprint density at radius 2 is 1.75 bits per heavy atom. The highest BCUT2D eigenvalue weighted by Crippen LogP contribution is 2.31. The number of rotatable bonds is 3. The quantitative estimate of drug-likeness (QED) is 0.547. The zero-order valence-corrected chi connectivity index (χ0v) is 19.8. The first-order chi connectivity index (χ1) is 15.5. The summed E-state index contributed by atoms with van der Waals surface area (Å²) in [6, 6.07) is 8.03. The van der Waals surface area contributed by atoms with E-state index in [-0.39, 0.29) is 17.5 Å². The Balaban J connectivity index is 1.37. The first-order valence-electron chi connectivity index (χ1n) is 11.3. The van der Waals surface area contributed by atoms with Crippen molar-refractivity contribution < 1.29 is 4.79 Å². The maximum Gasteiger partial charge on any atom is 0.271 e. The number of anilines is 1. The molecule has 1 aliphatic heterocycles. The Labute approximate surface area is 196 Å². The van der Waals surface area contributed by atoms with Gasteiger partial charge in [0.05, 0.1) is 11.9 Å². The van der Waals surface area contributed by atoms with Gasteiger partial charge in [0.1, 0.15) is 10.2 Å². The van der Waals surface area contributed by atoms with E-state index in [1.54, 1.807) is 10.9 Å². The van der Waals surface area contributed by atoms with Gasteiger partial charge in [0.25, 0.3) is 11.5 Å². The predicted molar refractivity (Wildman–Crippen MR) is 130 cm³/mol. The van der Waals surface area contributed by atoms with E-state index < -0.39 is 0 Å². The van der Waals surface area contributed by atoms with Gasteiger partial charge in [-0.2, -0.15) is 0 Å². The standard InChI is InChI=1S/C24H27ClN4O2S/c1-16-20(21-22(32-16)24(31)29(15-26-21)19-5-3-2-4-6-19)23(30)28-13-11-27(12-14-28)18-9-7-17(25)8-10-18/h7-10,15,19H,2-6,11-14H2,1H3. The van der Waals surface area contributed by atoms with Crippen molar-refractivity contribution in [3.8, 4) is 0 Å². The van der Waals surface area contributed by atoms with Gasteiger partial charge < -0.3 is 9.80 Å². The van der Waals surface area contributed by atoms with Crippen LogP contribution in [-0.2, 0) is 0 Å². The third kappa shape index (κ3) is 3.92. The number of amides is 1. The van der Waals surface area contributed by atoms with E-state index in [1.807, 2.05) is 36.1 Å². The number of thiophene rings is 1. The molecule has 1 aliphatic carbocycles. The van der Waals surface area contributed by atoms with Gasteiger partial charge in [0.2, 0.25) is 0 Å². The van der Waals surface area contributed by atoms with E-state index in [9.17, 15) is 9.59 Å². The third-order valence-electron chi connectivity index (χ3n) is 6.74. The summed E-state index contributed by atoms with van der Waals surface area (Å²) in [4.78, 5) is 36.3. The van der Waals surface area contributed by atoms with Crippen molar-refractivity contribution in [1.82, 2.24) is 14.5 Å². The number of halogens is 1. The van der Waals surface area contributed by atoms with E-state index in [2.05, 4.69) is 9.88 Å². The van der Waals surface area contributed by atoms with Gasteiger partial charge in [0, 0.05) is 47.8 Å². The van der Waals surface area contributed by atoms with Crippen molar-refractivity contribution in [3.05, 3.63) is 56.4 Å². The highest BCUT2D eigenvalue weighted by molar-refractivity contribution is 7.19. The highest BCUT2D eigenvalue weighted by atomic mass is 35.5. The van der Waals surface area contributed by atoms with E-state index in [0.717, 1.165) is 54.4 Å². The van der Waals surface area contributed by atoms with Gasteiger partial charge in [-0.1, -0.05) is 30.9 Å². The maximum atomic E-state index is 13.4. The molecule has 0 unspecified atom stereocenters. The molecule has 8 heteroatoms. The number of piperazine rings is 1. The van der Waals surface area contributed by atoms with Gasteiger partial charge in [-0.3, -0.25) is 14.2 Å². The second-order valence-electron chi connectivity index (χ2n) is 8.72. The monoisotopic (exact) mass is 470 g/mol. The minimum atomic E-state index is -0.0215. The number of hydrogen-bond donors (Lipinski definition) is 0. The molecule has 0 radical (unpaired) electrons. The van der Waals surface area contributed by atoms with Gasteiger partial charge in [-0.05, 0) is 44.0 Å². The third-order valence-corrected chi connectivity index (χ3v) is 8.07. The average molecular weight is 471 g/mol. The molecule has 1 aromatic carbocycles. The van der Waals surface area contributed by atoms with Crippen molar-refractivity contribution in [1.29, 1.82) is 0 Å². The minimum Gasteiger partial charge on any atom is -0.368 e. The normalized spacial score (nSPS) is 17.8. The van der Waals surface area contributed by atoms with Crippen LogP contribution in [0.15, 0.2) is 35.4 Å². The SMILES string of the molecule is Cc1sc2c(=O)n(C3CCCCC3)cnc2c1C(=O)N1CCN(c2ccc(Cl)cc2)CC1. The molecule has 2 aliphatic rings. The molecule has 0 spiro atoms. The van der Waals surface area contributed by atoms with E-state index in [0.29, 0.717) is 28.9 Å². The van der Waals surface area contributed by atoms with Crippen LogP contribution in [0.2, 0.25) is 5.02 Å². The number of aryl methyl sites for hydroxylation is 1. The first-order valence-corrected chi connectivity index (χ1v) is 12.5. The number of nitrogens with zero attached hydrogens (tertiary/aromatic N) is 4. The first kappa shape index (κ1) is 21.5. The smallest absolute Gasteiger partial charge is 0.271 e. The summed E-state index contributed by atoms with van der Waals surface area (Å²) in [5.74, 6) is -0.0215. The molecule has 0 N–H and O–H groups in total. The Morgan fingerprint density at radius 3 is 2.44 bits per heavy atom. The van der Waals surface area contributed by atoms with Crippen LogP contribution in [0.25, 0.3) is 10.2 Å². The predicted octanol–water partition coefficient (Wildman–Crippen LogP) is 4.89. The zero-order chi connectivity index (χ0) is 22.2. The molecule has 168 valence electrons. The van der Waals surface area contributed by atoms with E-state index in [4.69, 9.17) is 11.6 Å². The molecule has 1 saturated heterocycles. The fraction of sp³-hybridized carbons (Fsp3) is 0.458. The van der Waals surface area contributed by atoms with Crippen LogP contribution in [0.3, 0.4) is 0 Å². The fourth-order valence-electron chi connectivity index (χ4n) is 4.94. The molecule has 0 bridgehead atoms. The van der Waals surface area contributed by atoms with Gasteiger partial charge in [-0.15, -0.1) is 11.3 Å². The lowest BCUT2D eigenvalue weighted by atomic mass is 9.95. The van der Waals surface area contributed by atoms with E-state index in [1.165, 1.54) is 17.8 Å². The lowest BCUT2D eigenvalue weighted by molar-refractivity contribution is 0.0748. The van der Waals surface area contributed by atoms with Crippen LogP contribution in [-0.4, -0.2) is 46.5 Å². The van der Waals surface area contributed by atoms with E-state index >= 15 is 0 Å². The number of fused-ring (bicyclic) bond motifs is 1. The van der Waals surface area contributed by atoms with Crippen molar-refractivity contribution in [2.75, 3.05) is 31.1 Å². The molecule has 5 rings (SSSR count). The van der Waals surface area contributed by atoms with Crippen molar-refractivity contribution >= 4 is 44.7 Å². The minimum absolute atomic E-state index is 0.00149. The number of carbonyl (C=O) groups is 1. The lowest BCUT2D eigenvalue weighted by Crippen LogP contribution is -2.48. The molecular formula is C24H27ClN4O2S. The number of aromatic nitrogens is 2. The van der Waals surface area contributed by atoms with Crippen LogP contribution < -0.4 is 10.5 Å². The summed E-state index contributed by atoms with van der Waals surface area (Å²) in [7, 11) is 0. The molecule has 1 amide bonds. The summed E-state index contributed by atoms with van der Waals surface area (Å²) in [5, 5.41) is 0.720. The summed E-state index contributed by atoms with van der Waals surface area (Å²) in [5.41, 5.74) is 2.28. The van der Waals surface area contributed by atoms with Crippen LogP contribution in [0.1, 0.15) is 53.4 Å². The molecule has 1 saturated carbocycles. The van der Waals surface area contributed by atoms with Crippen LogP contribution in [0, 0.1) is 6.92 Å². The topological polar surface area (TPSA) is 58.4 Å². The van der Waals surface area contributed by atoms with Gasteiger partial charge in [-0.25, -0.2) is 4.98 Å². The molecule has 3 heterocycles. The van der Waals surface area contributed by atoms with Crippen molar-refractivity contribution in [2.45, 2.75) is 45.1 Å². The fourth-order valence-corrected chi connectivity index (χ4v) is 6.10. The van der Waals surface area contributed by atoms with Crippen LogP contribution in [0.4, 0.5) is 5.69 Å². The number of hydrogen-bond acceptors (Lipinski definition) is 5. The summed E-state index contributed by atoms with van der Waals surface area (Å²) in [6.07, 6.45) is 7.28. The largest absolute Gasteiger partial charge is 0.368 e. The van der Waals surface area contributed by atoms with Crippen molar-refractivity contribution in [2.24, 2.45) is 0 Å². The Morgan fingerprint density at radius 1 is 1.06 bits per heavy atom. The Bertz CT molecular complexity index is 1190. The maximum absolute atomic E-state index is 13.4. The highest BCUT2D eigenvalue weighted by Gasteiger charge is 2.28. The zero-order valence-electron chi connectivity index (χ0n) is 18.2. The molecule has 2 fully saturated rings. The van der Waals surface area contributed by atoms with Crippen LogP contribution in [0.5, 0.6) is 0 Å². The lowest BCUT2D eigenvalue weighted by Gasteiger charge is -2.36. The number of carbonyl (C=O) groups excluding carboxylic acids is 1. The summed E-state index contributed by atoms with van der Waals surface area (Å²) >= 11 is 7.41. The Hall–Kier alpha value is -2.38. The number of benzene rings is 1. The molecule has 32 heavy (non-hydrogen) atoms. The van der Waals surface area contributed by atoms with Gasteiger partial charge >= 0.3 is 0 Å². The molecule has 0 atom stereocenters. The molecule has 3 aromatic rings. The molecular weight excluding hydrogens is 444 g/mol. The molecule has 6 nitrogen and oxygen atoms in total. The van der Waals surface area contributed by atoms with Crippen LogP contribution >= 0.6 is 22.9 Å². The Kier molecular flexibility index (Phi) is 5.95. The molecule has 2 aromatic heterocycles. The summed E-state index contributed by atoms with van der Waals surface area (Å²) in [6.45, 7) is 4.72. The average Bonchev–Trinajstić information content (AvgIpc) is 3.17. The van der Waals surface area contributed by atoms with Gasteiger partial charge in [0.15, 0.2) is 0 Å².